The number of hydrogen-bond donors (Lipinski definition) is 2. The van der Waals surface area contributed by atoms with Crippen LogP contribution < -0.4 is 10.1 Å². The Morgan fingerprint density at radius 2 is 2.21 bits per heavy atom. The van der Waals surface area contributed by atoms with Gasteiger partial charge in [-0.1, -0.05) is 17.7 Å². The van der Waals surface area contributed by atoms with Crippen LogP contribution in [0.4, 0.5) is 0 Å². The Morgan fingerprint density at radius 3 is 2.79 bits per heavy atom. The molecule has 2 atom stereocenters. The molecule has 0 heterocycles. The topological polar surface area (TPSA) is 58.6 Å². The fourth-order valence-corrected chi connectivity index (χ4v) is 1.66. The van der Waals surface area contributed by atoms with Gasteiger partial charge in [0.25, 0.3) is 5.91 Å². The molecule has 0 saturated heterocycles. The van der Waals surface area contributed by atoms with Crippen molar-refractivity contribution in [2.75, 3.05) is 6.54 Å². The largest absolute Gasteiger partial charge is 0.481 e. The zero-order chi connectivity index (χ0) is 14.4. The van der Waals surface area contributed by atoms with Crippen LogP contribution >= 0.6 is 0 Å². The van der Waals surface area contributed by atoms with Crippen molar-refractivity contribution < 1.29 is 14.6 Å². The highest BCUT2D eigenvalue weighted by molar-refractivity contribution is 5.80. The van der Waals surface area contributed by atoms with Crippen LogP contribution in [0, 0.1) is 6.92 Å². The van der Waals surface area contributed by atoms with Crippen molar-refractivity contribution in [3.8, 4) is 5.75 Å². The van der Waals surface area contributed by atoms with Gasteiger partial charge in [0.15, 0.2) is 6.10 Å². The lowest BCUT2D eigenvalue weighted by atomic mass is 10.1. The van der Waals surface area contributed by atoms with Crippen molar-refractivity contribution in [2.45, 2.75) is 33.0 Å². The standard InChI is InChI=1S/C15H21NO3/c1-5-8-16-15(18)12(4)19-14-7-6-10(2)9-13(14)11(3)17/h5-7,9,11-12,17H,1,8H2,2-4H3,(H,16,18)/t11-,12?/m0/s1. The molecule has 0 spiro atoms. The van der Waals surface area contributed by atoms with Gasteiger partial charge in [-0.15, -0.1) is 6.58 Å². The van der Waals surface area contributed by atoms with Crippen LogP contribution in [0.2, 0.25) is 0 Å². The van der Waals surface area contributed by atoms with E-state index >= 15 is 0 Å². The van der Waals surface area contributed by atoms with E-state index in [1.54, 1.807) is 26.0 Å². The van der Waals surface area contributed by atoms with Crippen molar-refractivity contribution in [3.05, 3.63) is 42.0 Å². The monoisotopic (exact) mass is 263 g/mol. The van der Waals surface area contributed by atoms with Gasteiger partial charge in [0.1, 0.15) is 5.75 Å². The number of amides is 1. The van der Waals surface area contributed by atoms with Gasteiger partial charge in [-0.05, 0) is 32.9 Å². The molecule has 0 bridgehead atoms. The van der Waals surface area contributed by atoms with Gasteiger partial charge in [0.05, 0.1) is 6.10 Å². The molecular formula is C15H21NO3. The molecule has 19 heavy (non-hydrogen) atoms. The molecule has 0 aromatic heterocycles. The van der Waals surface area contributed by atoms with Gasteiger partial charge in [-0.3, -0.25) is 4.79 Å². The highest BCUT2D eigenvalue weighted by Crippen LogP contribution is 2.27. The molecule has 2 N–H and O–H groups in total. The first kappa shape index (κ1) is 15.2. The summed E-state index contributed by atoms with van der Waals surface area (Å²) >= 11 is 0. The van der Waals surface area contributed by atoms with Crippen LogP contribution in [-0.4, -0.2) is 23.7 Å². The molecule has 1 rings (SSSR count). The number of rotatable bonds is 6. The second kappa shape index (κ2) is 6.95. The van der Waals surface area contributed by atoms with Gasteiger partial charge >= 0.3 is 0 Å². The summed E-state index contributed by atoms with van der Waals surface area (Å²) in [6, 6.07) is 5.51. The first-order chi connectivity index (χ1) is 8.95. The molecule has 0 saturated carbocycles. The van der Waals surface area contributed by atoms with Gasteiger partial charge < -0.3 is 15.2 Å². The maximum absolute atomic E-state index is 11.7. The predicted molar refractivity (Wildman–Crippen MR) is 75.1 cm³/mol. The zero-order valence-corrected chi connectivity index (χ0v) is 11.6. The fraction of sp³-hybridized carbons (Fsp3) is 0.400. The summed E-state index contributed by atoms with van der Waals surface area (Å²) in [6.45, 7) is 9.22. The number of nitrogens with one attached hydrogen (secondary N) is 1. The third-order valence-corrected chi connectivity index (χ3v) is 2.71. The fourth-order valence-electron chi connectivity index (χ4n) is 1.66. The van der Waals surface area contributed by atoms with Crippen molar-refractivity contribution in [1.82, 2.24) is 5.32 Å². The summed E-state index contributed by atoms with van der Waals surface area (Å²) in [4.78, 5) is 11.7. The highest BCUT2D eigenvalue weighted by atomic mass is 16.5. The van der Waals surface area contributed by atoms with Gasteiger partial charge in [-0.2, -0.15) is 0 Å². The minimum absolute atomic E-state index is 0.211. The lowest BCUT2D eigenvalue weighted by Crippen LogP contribution is -2.36. The zero-order valence-electron chi connectivity index (χ0n) is 11.6. The van der Waals surface area contributed by atoms with Crippen molar-refractivity contribution >= 4 is 5.91 Å². The Bertz CT molecular complexity index is 455. The van der Waals surface area contributed by atoms with E-state index in [1.807, 2.05) is 19.1 Å². The van der Waals surface area contributed by atoms with E-state index in [1.165, 1.54) is 0 Å². The van der Waals surface area contributed by atoms with Gasteiger partial charge in [0.2, 0.25) is 0 Å². The number of carbonyl (C=O) groups excluding carboxylic acids is 1. The molecule has 4 nitrogen and oxygen atoms in total. The van der Waals surface area contributed by atoms with E-state index in [2.05, 4.69) is 11.9 Å². The number of aliphatic hydroxyl groups excluding tert-OH is 1. The average molecular weight is 263 g/mol. The third-order valence-electron chi connectivity index (χ3n) is 2.71. The Hall–Kier alpha value is -1.81. The second-order valence-corrected chi connectivity index (χ2v) is 4.51. The van der Waals surface area contributed by atoms with E-state index in [0.29, 0.717) is 17.9 Å². The van der Waals surface area contributed by atoms with Gasteiger partial charge in [-0.25, -0.2) is 0 Å². The number of ether oxygens (including phenoxy) is 1. The number of benzene rings is 1. The maximum Gasteiger partial charge on any atom is 0.261 e. The molecule has 0 fully saturated rings. The highest BCUT2D eigenvalue weighted by Gasteiger charge is 2.17. The predicted octanol–water partition coefficient (Wildman–Crippen LogP) is 2.12. The molecule has 0 aliphatic carbocycles. The number of aryl methyl sites for hydroxylation is 1. The van der Waals surface area contributed by atoms with Crippen molar-refractivity contribution in [3.63, 3.8) is 0 Å². The quantitative estimate of drug-likeness (QED) is 0.773. The van der Waals surface area contributed by atoms with E-state index in [9.17, 15) is 9.90 Å². The van der Waals surface area contributed by atoms with Crippen LogP contribution in [0.5, 0.6) is 5.75 Å². The molecule has 1 aromatic carbocycles. The summed E-state index contributed by atoms with van der Waals surface area (Å²) < 4.78 is 5.61. The summed E-state index contributed by atoms with van der Waals surface area (Å²) in [6.07, 6.45) is 0.344. The van der Waals surface area contributed by atoms with Crippen LogP contribution in [0.25, 0.3) is 0 Å². The summed E-state index contributed by atoms with van der Waals surface area (Å²) in [5.41, 5.74) is 1.72. The lowest BCUT2D eigenvalue weighted by molar-refractivity contribution is -0.127. The number of carbonyl (C=O) groups is 1. The van der Waals surface area contributed by atoms with E-state index in [0.717, 1.165) is 5.56 Å². The molecule has 0 aliphatic rings. The van der Waals surface area contributed by atoms with Crippen LogP contribution in [-0.2, 0) is 4.79 Å². The molecule has 0 aliphatic heterocycles. The second-order valence-electron chi connectivity index (χ2n) is 4.51. The molecule has 1 unspecified atom stereocenters. The summed E-state index contributed by atoms with van der Waals surface area (Å²) in [5, 5.41) is 12.4. The molecule has 104 valence electrons. The Balaban J connectivity index is 2.81. The van der Waals surface area contributed by atoms with E-state index in [-0.39, 0.29) is 5.91 Å². The van der Waals surface area contributed by atoms with Crippen molar-refractivity contribution in [1.29, 1.82) is 0 Å². The normalized spacial score (nSPS) is 13.5. The first-order valence-corrected chi connectivity index (χ1v) is 6.29. The van der Waals surface area contributed by atoms with Crippen LogP contribution in [0.3, 0.4) is 0 Å². The first-order valence-electron chi connectivity index (χ1n) is 6.29. The number of aliphatic hydroxyl groups is 1. The lowest BCUT2D eigenvalue weighted by Gasteiger charge is -2.18. The van der Waals surface area contributed by atoms with Crippen LogP contribution in [0.15, 0.2) is 30.9 Å². The molecule has 1 amide bonds. The van der Waals surface area contributed by atoms with Crippen molar-refractivity contribution in [2.24, 2.45) is 0 Å². The Labute approximate surface area is 114 Å². The minimum atomic E-state index is -0.640. The molecular weight excluding hydrogens is 242 g/mol. The van der Waals surface area contributed by atoms with Gasteiger partial charge in [0, 0.05) is 12.1 Å². The van der Waals surface area contributed by atoms with E-state index < -0.39 is 12.2 Å². The third kappa shape index (κ3) is 4.41. The summed E-state index contributed by atoms with van der Waals surface area (Å²) in [7, 11) is 0. The maximum atomic E-state index is 11.7. The molecule has 4 heteroatoms. The SMILES string of the molecule is C=CCNC(=O)C(C)Oc1ccc(C)cc1[C@H](C)O. The number of hydrogen-bond acceptors (Lipinski definition) is 3. The summed E-state index contributed by atoms with van der Waals surface area (Å²) in [5.74, 6) is 0.318. The minimum Gasteiger partial charge on any atom is -0.481 e. The Kier molecular flexibility index (Phi) is 5.57. The van der Waals surface area contributed by atoms with Crippen LogP contribution in [0.1, 0.15) is 31.1 Å². The smallest absolute Gasteiger partial charge is 0.261 e. The van der Waals surface area contributed by atoms with E-state index in [4.69, 9.17) is 4.74 Å². The Morgan fingerprint density at radius 1 is 1.53 bits per heavy atom. The average Bonchev–Trinajstić information content (AvgIpc) is 2.37. The molecule has 0 radical (unpaired) electrons. The molecule has 1 aromatic rings.